The number of benzene rings is 3. The van der Waals surface area contributed by atoms with Gasteiger partial charge in [-0.15, -0.1) is 11.3 Å². The molecule has 0 spiro atoms. The summed E-state index contributed by atoms with van der Waals surface area (Å²) in [7, 11) is 5.44. The summed E-state index contributed by atoms with van der Waals surface area (Å²) >= 11 is 1.52. The highest BCUT2D eigenvalue weighted by atomic mass is 32.1. The molecule has 2 heterocycles. The molecule has 36 heavy (non-hydrogen) atoms. The van der Waals surface area contributed by atoms with Crippen LogP contribution in [0.2, 0.25) is 0 Å². The zero-order valence-corrected chi connectivity index (χ0v) is 21.4. The van der Waals surface area contributed by atoms with Crippen molar-refractivity contribution < 1.29 is 13.9 Å². The van der Waals surface area contributed by atoms with E-state index in [1.807, 2.05) is 24.4 Å². The van der Waals surface area contributed by atoms with Gasteiger partial charge in [0.1, 0.15) is 10.8 Å². The summed E-state index contributed by atoms with van der Waals surface area (Å²) < 4.78 is 22.0. The number of esters is 1. The predicted molar refractivity (Wildman–Crippen MR) is 142 cm³/mol. The molecule has 0 radical (unpaired) electrons. The van der Waals surface area contributed by atoms with E-state index in [2.05, 4.69) is 54.9 Å². The van der Waals surface area contributed by atoms with Crippen molar-refractivity contribution in [3.05, 3.63) is 83.8 Å². The maximum absolute atomic E-state index is 14.2. The molecule has 0 N–H and O–H groups in total. The number of aromatic nitrogens is 3. The fourth-order valence-corrected chi connectivity index (χ4v) is 5.79. The quantitative estimate of drug-likeness (QED) is 0.249. The minimum absolute atomic E-state index is 0.00315. The van der Waals surface area contributed by atoms with Crippen LogP contribution in [0.5, 0.6) is 0 Å². The molecule has 5 aromatic rings. The van der Waals surface area contributed by atoms with Gasteiger partial charge in [0.15, 0.2) is 0 Å². The molecule has 0 aliphatic heterocycles. The first kappa shape index (κ1) is 24.1. The second-order valence-corrected chi connectivity index (χ2v) is 10.00. The topological polar surface area (TPSA) is 60.2 Å². The zero-order chi connectivity index (χ0) is 25.4. The molecule has 2 aromatic heterocycles. The standard InChI is InChI=1S/C28H27FN4O2S/c1-5-23(32(2)3)26(33-24-9-7-6-8-19(24)16-30-33)17-11-13-22-25(15-17)36-27(31-22)18-10-12-21(29)20(14-18)28(34)35-4/h6-16,23,26H,5H2,1-4H3. The number of para-hydroxylation sites is 1. The highest BCUT2D eigenvalue weighted by molar-refractivity contribution is 7.21. The van der Waals surface area contributed by atoms with Gasteiger partial charge in [0.25, 0.3) is 0 Å². The minimum atomic E-state index is -0.707. The van der Waals surface area contributed by atoms with Crippen molar-refractivity contribution in [2.75, 3.05) is 21.2 Å². The van der Waals surface area contributed by atoms with E-state index in [1.54, 1.807) is 6.07 Å². The molecule has 0 amide bonds. The van der Waals surface area contributed by atoms with Crippen LogP contribution < -0.4 is 0 Å². The molecule has 8 heteroatoms. The Kier molecular flexibility index (Phi) is 6.55. The van der Waals surface area contributed by atoms with Crippen LogP contribution in [0.1, 0.15) is 35.3 Å². The number of rotatable bonds is 7. The normalized spacial score (nSPS) is 13.4. The van der Waals surface area contributed by atoms with Gasteiger partial charge in [-0.1, -0.05) is 31.2 Å². The van der Waals surface area contributed by atoms with E-state index >= 15 is 0 Å². The Labute approximate surface area is 212 Å². The van der Waals surface area contributed by atoms with E-state index in [0.717, 1.165) is 33.1 Å². The number of fused-ring (bicyclic) bond motifs is 2. The maximum Gasteiger partial charge on any atom is 0.340 e. The molecule has 184 valence electrons. The Morgan fingerprint density at radius 2 is 1.94 bits per heavy atom. The lowest BCUT2D eigenvalue weighted by Crippen LogP contribution is -2.37. The van der Waals surface area contributed by atoms with Gasteiger partial charge in [-0.25, -0.2) is 14.2 Å². The Morgan fingerprint density at radius 1 is 1.14 bits per heavy atom. The molecule has 6 nitrogen and oxygen atoms in total. The molecule has 0 bridgehead atoms. The molecule has 2 unspecified atom stereocenters. The molecule has 3 aromatic carbocycles. The van der Waals surface area contributed by atoms with Crippen molar-refractivity contribution in [1.29, 1.82) is 0 Å². The predicted octanol–water partition coefficient (Wildman–Crippen LogP) is 6.17. The van der Waals surface area contributed by atoms with Crippen molar-refractivity contribution in [2.45, 2.75) is 25.4 Å². The summed E-state index contributed by atoms with van der Waals surface area (Å²) in [5, 5.41) is 6.62. The third-order valence-electron chi connectivity index (χ3n) is 6.59. The van der Waals surface area contributed by atoms with Gasteiger partial charge in [0, 0.05) is 17.0 Å². The highest BCUT2D eigenvalue weighted by Crippen LogP contribution is 2.36. The van der Waals surface area contributed by atoms with Crippen molar-refractivity contribution in [3.63, 3.8) is 0 Å². The average Bonchev–Trinajstić information content (AvgIpc) is 3.50. The molecule has 0 aliphatic carbocycles. The van der Waals surface area contributed by atoms with E-state index in [-0.39, 0.29) is 17.6 Å². The number of halogens is 1. The Balaban J connectivity index is 1.61. The number of hydrogen-bond acceptors (Lipinski definition) is 6. The summed E-state index contributed by atoms with van der Waals surface area (Å²) in [6, 6.07) is 19.2. The van der Waals surface area contributed by atoms with Gasteiger partial charge in [-0.05, 0) is 62.5 Å². The third-order valence-corrected chi connectivity index (χ3v) is 7.65. The molecule has 2 atom stereocenters. The minimum Gasteiger partial charge on any atom is -0.465 e. The Bertz CT molecular complexity index is 1560. The van der Waals surface area contributed by atoms with Gasteiger partial charge in [0.05, 0.1) is 40.6 Å². The first-order valence-electron chi connectivity index (χ1n) is 11.8. The lowest BCUT2D eigenvalue weighted by Gasteiger charge is -2.32. The monoisotopic (exact) mass is 502 g/mol. The van der Waals surface area contributed by atoms with Gasteiger partial charge in [0.2, 0.25) is 0 Å². The summed E-state index contributed by atoms with van der Waals surface area (Å²) in [5.74, 6) is -1.32. The first-order valence-corrected chi connectivity index (χ1v) is 12.6. The lowest BCUT2D eigenvalue weighted by molar-refractivity contribution is 0.0595. The van der Waals surface area contributed by atoms with E-state index < -0.39 is 11.8 Å². The lowest BCUT2D eigenvalue weighted by atomic mass is 9.96. The molecular formula is C28H27FN4O2S. The molecule has 0 saturated carbocycles. The number of thiazole rings is 1. The van der Waals surface area contributed by atoms with E-state index in [1.165, 1.54) is 30.6 Å². The van der Waals surface area contributed by atoms with Crippen LogP contribution in [0.4, 0.5) is 4.39 Å². The second-order valence-electron chi connectivity index (χ2n) is 8.96. The third kappa shape index (κ3) is 4.27. The number of hydrogen-bond donors (Lipinski definition) is 0. The van der Waals surface area contributed by atoms with Crippen molar-refractivity contribution in [2.24, 2.45) is 0 Å². The summed E-state index contributed by atoms with van der Waals surface area (Å²) in [6.07, 6.45) is 2.87. The first-order chi connectivity index (χ1) is 17.4. The molecule has 5 rings (SSSR count). The fraction of sp³-hybridized carbons (Fsp3) is 0.250. The number of methoxy groups -OCH3 is 1. The van der Waals surface area contributed by atoms with Gasteiger partial charge in [-0.2, -0.15) is 5.10 Å². The summed E-state index contributed by atoms with van der Waals surface area (Å²) in [4.78, 5) is 19.0. The molecular weight excluding hydrogens is 475 g/mol. The number of carbonyl (C=O) groups excluding carboxylic acids is 1. The molecule has 0 saturated heterocycles. The molecule has 0 fully saturated rings. The number of likely N-dealkylation sites (N-methyl/N-ethyl adjacent to an activating group) is 1. The molecule has 0 aliphatic rings. The van der Waals surface area contributed by atoms with Crippen LogP contribution in [0.3, 0.4) is 0 Å². The second kappa shape index (κ2) is 9.79. The average molecular weight is 503 g/mol. The number of ether oxygens (including phenoxy) is 1. The Hall–Kier alpha value is -3.62. The highest BCUT2D eigenvalue weighted by Gasteiger charge is 2.28. The van der Waals surface area contributed by atoms with Crippen molar-refractivity contribution >= 4 is 38.4 Å². The maximum atomic E-state index is 14.2. The number of nitrogens with zero attached hydrogens (tertiary/aromatic N) is 4. The van der Waals surface area contributed by atoms with Gasteiger partial charge >= 0.3 is 5.97 Å². The van der Waals surface area contributed by atoms with Crippen molar-refractivity contribution in [1.82, 2.24) is 19.7 Å². The number of carbonyl (C=O) groups is 1. The van der Waals surface area contributed by atoms with Crippen LogP contribution in [-0.4, -0.2) is 52.9 Å². The Morgan fingerprint density at radius 3 is 2.69 bits per heavy atom. The van der Waals surface area contributed by atoms with Crippen LogP contribution in [0.25, 0.3) is 31.7 Å². The fourth-order valence-electron chi connectivity index (χ4n) is 4.78. The van der Waals surface area contributed by atoms with Gasteiger partial charge < -0.3 is 9.64 Å². The van der Waals surface area contributed by atoms with Crippen LogP contribution >= 0.6 is 11.3 Å². The van der Waals surface area contributed by atoms with E-state index in [4.69, 9.17) is 14.8 Å². The summed E-state index contributed by atoms with van der Waals surface area (Å²) in [5.41, 5.74) is 3.66. The summed E-state index contributed by atoms with van der Waals surface area (Å²) in [6.45, 7) is 2.19. The van der Waals surface area contributed by atoms with Gasteiger partial charge in [-0.3, -0.25) is 4.68 Å². The van der Waals surface area contributed by atoms with Crippen molar-refractivity contribution in [3.8, 4) is 10.6 Å². The van der Waals surface area contributed by atoms with Crippen LogP contribution in [-0.2, 0) is 4.74 Å². The zero-order valence-electron chi connectivity index (χ0n) is 20.6. The SMILES string of the molecule is CCC(C(c1ccc2nc(-c3ccc(F)c(C(=O)OC)c3)sc2c1)n1ncc2ccccc21)N(C)C. The van der Waals surface area contributed by atoms with Crippen LogP contribution in [0, 0.1) is 5.82 Å². The smallest absolute Gasteiger partial charge is 0.340 e. The largest absolute Gasteiger partial charge is 0.465 e. The van der Waals surface area contributed by atoms with E-state index in [0.29, 0.717) is 10.6 Å². The van der Waals surface area contributed by atoms with E-state index in [9.17, 15) is 9.18 Å². The van der Waals surface area contributed by atoms with Crippen LogP contribution in [0.15, 0.2) is 66.9 Å².